The van der Waals surface area contributed by atoms with E-state index in [1.807, 2.05) is 42.5 Å². The highest BCUT2D eigenvalue weighted by Gasteiger charge is 2.47. The number of carbonyl (C=O) groups is 1. The van der Waals surface area contributed by atoms with Crippen molar-refractivity contribution < 1.29 is 14.3 Å². The average Bonchev–Trinajstić information content (AvgIpc) is 3.22. The fraction of sp³-hybridized carbons (Fsp3) is 0.300. The molecule has 0 saturated carbocycles. The van der Waals surface area contributed by atoms with E-state index in [9.17, 15) is 4.79 Å². The molecule has 2 aromatic carbocycles. The molecule has 2 aliphatic heterocycles. The number of anilines is 1. The Morgan fingerprint density at radius 1 is 1.19 bits per heavy atom. The third kappa shape index (κ3) is 2.18. The van der Waals surface area contributed by atoms with Gasteiger partial charge in [-0.3, -0.25) is 0 Å². The van der Waals surface area contributed by atoms with Gasteiger partial charge in [0.25, 0.3) is 0 Å². The zero-order valence-electron chi connectivity index (χ0n) is 14.5. The normalized spacial score (nSPS) is 18.2. The summed E-state index contributed by atoms with van der Waals surface area (Å²) >= 11 is 0. The molecule has 6 heteroatoms. The lowest BCUT2D eigenvalue weighted by atomic mass is 9.84. The molecule has 0 radical (unpaired) electrons. The molecule has 26 heavy (non-hydrogen) atoms. The molecule has 0 unspecified atom stereocenters. The van der Waals surface area contributed by atoms with E-state index >= 15 is 0 Å². The van der Waals surface area contributed by atoms with Gasteiger partial charge in [0.1, 0.15) is 11.4 Å². The number of benzene rings is 2. The van der Waals surface area contributed by atoms with Crippen LogP contribution in [0.5, 0.6) is 5.75 Å². The van der Waals surface area contributed by atoms with Crippen LogP contribution in [0, 0.1) is 0 Å². The minimum atomic E-state index is -0.487. The van der Waals surface area contributed by atoms with Crippen molar-refractivity contribution in [2.45, 2.75) is 18.4 Å². The Morgan fingerprint density at radius 3 is 2.81 bits per heavy atom. The third-order valence-corrected chi connectivity index (χ3v) is 5.47. The number of hydrogen-bond acceptors (Lipinski definition) is 5. The summed E-state index contributed by atoms with van der Waals surface area (Å²) < 4.78 is 11.1. The summed E-state index contributed by atoms with van der Waals surface area (Å²) in [7, 11) is 1.65. The summed E-state index contributed by atoms with van der Waals surface area (Å²) in [6.45, 7) is 1.55. The Morgan fingerprint density at radius 2 is 2.00 bits per heavy atom. The van der Waals surface area contributed by atoms with E-state index in [1.165, 1.54) is 0 Å². The van der Waals surface area contributed by atoms with Crippen molar-refractivity contribution in [3.05, 3.63) is 53.6 Å². The number of rotatable bonds is 2. The lowest BCUT2D eigenvalue weighted by molar-refractivity contribution is -0.0211. The summed E-state index contributed by atoms with van der Waals surface area (Å²) in [5.74, 6) is 1.44. The first-order valence-corrected chi connectivity index (χ1v) is 8.80. The van der Waals surface area contributed by atoms with Gasteiger partial charge in [0.2, 0.25) is 5.95 Å². The van der Waals surface area contributed by atoms with Gasteiger partial charge >= 0.3 is 5.97 Å². The van der Waals surface area contributed by atoms with Crippen LogP contribution in [0.3, 0.4) is 0 Å². The van der Waals surface area contributed by atoms with Crippen molar-refractivity contribution in [3.8, 4) is 5.75 Å². The number of piperidine rings is 1. The second-order valence-corrected chi connectivity index (χ2v) is 6.86. The molecule has 5 rings (SSSR count). The van der Waals surface area contributed by atoms with Crippen LogP contribution in [0.15, 0.2) is 42.5 Å². The number of aromatic nitrogens is 2. The lowest BCUT2D eigenvalue weighted by Gasteiger charge is -2.38. The lowest BCUT2D eigenvalue weighted by Crippen LogP contribution is -2.43. The smallest absolute Gasteiger partial charge is 0.339 e. The van der Waals surface area contributed by atoms with E-state index in [2.05, 4.69) is 9.88 Å². The highest BCUT2D eigenvalue weighted by molar-refractivity contribution is 5.94. The van der Waals surface area contributed by atoms with Gasteiger partial charge in [-0.2, -0.15) is 0 Å². The molecule has 1 N–H and O–H groups in total. The number of fused-ring (bicyclic) bond motifs is 3. The predicted molar refractivity (Wildman–Crippen MR) is 97.6 cm³/mol. The summed E-state index contributed by atoms with van der Waals surface area (Å²) in [5.41, 5.74) is 3.12. The van der Waals surface area contributed by atoms with Crippen LogP contribution in [0.1, 0.15) is 28.8 Å². The highest BCUT2D eigenvalue weighted by atomic mass is 16.6. The van der Waals surface area contributed by atoms with Crippen LogP contribution in [-0.2, 0) is 10.3 Å². The van der Waals surface area contributed by atoms with E-state index in [1.54, 1.807) is 7.11 Å². The maximum atomic E-state index is 12.2. The fourth-order valence-electron chi connectivity index (χ4n) is 4.05. The van der Waals surface area contributed by atoms with Gasteiger partial charge in [0.15, 0.2) is 0 Å². The van der Waals surface area contributed by atoms with Gasteiger partial charge in [-0.05, 0) is 18.2 Å². The molecule has 0 amide bonds. The molecule has 1 saturated heterocycles. The molecule has 1 aromatic heterocycles. The largest absolute Gasteiger partial charge is 0.497 e. The molecule has 3 heterocycles. The van der Waals surface area contributed by atoms with Gasteiger partial charge in [0.05, 0.1) is 23.7 Å². The van der Waals surface area contributed by atoms with Crippen molar-refractivity contribution in [1.29, 1.82) is 0 Å². The van der Waals surface area contributed by atoms with E-state index in [4.69, 9.17) is 14.5 Å². The van der Waals surface area contributed by atoms with E-state index in [0.717, 1.165) is 54.2 Å². The number of imidazole rings is 1. The molecular formula is C20H19N3O3. The number of carbonyl (C=O) groups excluding carboxylic acids is 1. The molecule has 0 bridgehead atoms. The molecular weight excluding hydrogens is 330 g/mol. The van der Waals surface area contributed by atoms with E-state index in [0.29, 0.717) is 5.56 Å². The van der Waals surface area contributed by atoms with Crippen molar-refractivity contribution >= 4 is 23.0 Å². The Labute approximate surface area is 150 Å². The minimum absolute atomic E-state index is 0.204. The first-order chi connectivity index (χ1) is 12.7. The van der Waals surface area contributed by atoms with Crippen LogP contribution in [-0.4, -0.2) is 36.1 Å². The average molecular weight is 349 g/mol. The summed E-state index contributed by atoms with van der Waals surface area (Å²) in [4.78, 5) is 22.5. The number of aromatic amines is 1. The number of nitrogens with one attached hydrogen (secondary N) is 1. The number of H-pyrrole nitrogens is 1. The van der Waals surface area contributed by atoms with Crippen LogP contribution in [0.25, 0.3) is 11.0 Å². The van der Waals surface area contributed by atoms with E-state index < -0.39 is 5.60 Å². The SMILES string of the molecule is COc1ccc2[nH]c(N3CCC4(CC3)OC(=O)c3ccccc34)nc2c1. The monoisotopic (exact) mass is 349 g/mol. The fourth-order valence-corrected chi connectivity index (χ4v) is 4.05. The number of hydrogen-bond donors (Lipinski definition) is 1. The Kier molecular flexibility index (Phi) is 3.22. The molecule has 132 valence electrons. The number of nitrogens with zero attached hydrogens (tertiary/aromatic N) is 2. The van der Waals surface area contributed by atoms with Crippen LogP contribution in [0.4, 0.5) is 5.95 Å². The predicted octanol–water partition coefficient (Wildman–Crippen LogP) is 3.24. The van der Waals surface area contributed by atoms with Gasteiger partial charge in [-0.25, -0.2) is 9.78 Å². The van der Waals surface area contributed by atoms with Crippen molar-refractivity contribution in [3.63, 3.8) is 0 Å². The van der Waals surface area contributed by atoms with Gasteiger partial charge in [-0.1, -0.05) is 18.2 Å². The van der Waals surface area contributed by atoms with Crippen LogP contribution in [0.2, 0.25) is 0 Å². The number of esters is 1. The molecule has 3 aromatic rings. The maximum absolute atomic E-state index is 12.2. The second kappa shape index (κ2) is 5.49. The quantitative estimate of drug-likeness (QED) is 0.720. The van der Waals surface area contributed by atoms with Crippen LogP contribution < -0.4 is 9.64 Å². The molecule has 1 spiro atoms. The molecule has 0 aliphatic carbocycles. The minimum Gasteiger partial charge on any atom is -0.497 e. The first-order valence-electron chi connectivity index (χ1n) is 8.80. The second-order valence-electron chi connectivity index (χ2n) is 6.86. The molecule has 0 atom stereocenters. The first kappa shape index (κ1) is 15.3. The molecule has 2 aliphatic rings. The summed E-state index contributed by atoms with van der Waals surface area (Å²) in [6.07, 6.45) is 1.52. The van der Waals surface area contributed by atoms with Gasteiger partial charge in [-0.15, -0.1) is 0 Å². The number of methoxy groups -OCH3 is 1. The maximum Gasteiger partial charge on any atom is 0.339 e. The van der Waals surface area contributed by atoms with Crippen molar-refractivity contribution in [1.82, 2.24) is 9.97 Å². The molecule has 1 fully saturated rings. The Bertz CT molecular complexity index is 1000. The Hall–Kier alpha value is -3.02. The summed E-state index contributed by atoms with van der Waals surface area (Å²) in [5, 5.41) is 0. The van der Waals surface area contributed by atoms with Crippen molar-refractivity contribution in [2.24, 2.45) is 0 Å². The summed E-state index contributed by atoms with van der Waals surface area (Å²) in [6, 6.07) is 13.6. The molecule has 6 nitrogen and oxygen atoms in total. The third-order valence-electron chi connectivity index (χ3n) is 5.47. The number of ether oxygens (including phenoxy) is 2. The standard InChI is InChI=1S/C20H19N3O3/c1-25-13-6-7-16-17(12-13)22-19(21-16)23-10-8-20(9-11-23)15-5-3-2-4-14(15)18(24)26-20/h2-7,12H,8-11H2,1H3,(H,21,22). The van der Waals surface area contributed by atoms with Crippen LogP contribution >= 0.6 is 0 Å². The van der Waals surface area contributed by atoms with Crippen molar-refractivity contribution in [2.75, 3.05) is 25.1 Å². The van der Waals surface area contributed by atoms with Gasteiger partial charge < -0.3 is 19.4 Å². The zero-order valence-corrected chi connectivity index (χ0v) is 14.5. The van der Waals surface area contributed by atoms with E-state index in [-0.39, 0.29) is 5.97 Å². The topological polar surface area (TPSA) is 67.4 Å². The zero-order chi connectivity index (χ0) is 17.7. The van der Waals surface area contributed by atoms with Gasteiger partial charge in [0, 0.05) is 37.6 Å². The highest BCUT2D eigenvalue weighted by Crippen LogP contribution is 2.44. The Balaban J connectivity index is 1.40.